The van der Waals surface area contributed by atoms with Crippen LogP contribution in [0.5, 0.6) is 0 Å². The maximum absolute atomic E-state index is 10.4. The fourth-order valence-electron chi connectivity index (χ4n) is 4.72. The third kappa shape index (κ3) is 4.24. The summed E-state index contributed by atoms with van der Waals surface area (Å²) in [5, 5.41) is 14.4. The number of hydrogen-bond acceptors (Lipinski definition) is 3. The van der Waals surface area contributed by atoms with Crippen molar-refractivity contribution >= 4 is 0 Å². The van der Waals surface area contributed by atoms with Crippen LogP contribution in [-0.4, -0.2) is 47.3 Å². The van der Waals surface area contributed by atoms with Crippen molar-refractivity contribution in [2.75, 3.05) is 13.1 Å². The monoisotopic (exact) mass is 308 g/mol. The molecule has 0 aromatic heterocycles. The molecule has 128 valence electrons. The second kappa shape index (κ2) is 7.63. The molecule has 3 nitrogen and oxygen atoms in total. The van der Waals surface area contributed by atoms with E-state index in [4.69, 9.17) is 0 Å². The maximum atomic E-state index is 10.4. The average molecular weight is 309 g/mol. The Hall–Kier alpha value is -0.120. The van der Waals surface area contributed by atoms with Gasteiger partial charge in [-0.05, 0) is 57.3 Å². The normalized spacial score (nSPS) is 34.5. The number of nitrogens with zero attached hydrogens (tertiary/aromatic N) is 1. The Morgan fingerprint density at radius 3 is 2.36 bits per heavy atom. The molecule has 3 fully saturated rings. The highest BCUT2D eigenvalue weighted by atomic mass is 16.3. The van der Waals surface area contributed by atoms with E-state index < -0.39 is 0 Å². The first-order valence-electron chi connectivity index (χ1n) is 9.85. The lowest BCUT2D eigenvalue weighted by Crippen LogP contribution is -2.56. The molecule has 0 aromatic rings. The van der Waals surface area contributed by atoms with Crippen LogP contribution in [0.25, 0.3) is 0 Å². The molecule has 0 spiro atoms. The van der Waals surface area contributed by atoms with Crippen molar-refractivity contribution in [2.45, 2.75) is 95.9 Å². The molecule has 22 heavy (non-hydrogen) atoms. The number of piperidine rings is 1. The van der Waals surface area contributed by atoms with Crippen LogP contribution in [-0.2, 0) is 0 Å². The van der Waals surface area contributed by atoms with Gasteiger partial charge in [-0.25, -0.2) is 0 Å². The van der Waals surface area contributed by atoms with Gasteiger partial charge in [0.15, 0.2) is 0 Å². The minimum atomic E-state index is -0.121. The molecule has 0 aromatic carbocycles. The van der Waals surface area contributed by atoms with Gasteiger partial charge in [0.2, 0.25) is 0 Å². The van der Waals surface area contributed by atoms with E-state index in [-0.39, 0.29) is 6.10 Å². The molecule has 3 aliphatic rings. The van der Waals surface area contributed by atoms with Gasteiger partial charge >= 0.3 is 0 Å². The van der Waals surface area contributed by atoms with Crippen molar-refractivity contribution in [3.8, 4) is 0 Å². The molecule has 4 unspecified atom stereocenters. The molecule has 2 saturated carbocycles. The first-order valence-corrected chi connectivity index (χ1v) is 9.85. The molecule has 1 aliphatic heterocycles. The van der Waals surface area contributed by atoms with Gasteiger partial charge in [0, 0.05) is 31.2 Å². The number of aliphatic hydroxyl groups excluding tert-OH is 1. The van der Waals surface area contributed by atoms with Crippen molar-refractivity contribution < 1.29 is 5.11 Å². The summed E-state index contributed by atoms with van der Waals surface area (Å²) in [6.07, 6.45) is 11.7. The van der Waals surface area contributed by atoms with E-state index in [1.807, 2.05) is 0 Å². The smallest absolute Gasteiger partial charge is 0.0578 e. The Labute approximate surface area is 136 Å². The summed E-state index contributed by atoms with van der Waals surface area (Å²) in [5.41, 5.74) is 0. The fourth-order valence-corrected chi connectivity index (χ4v) is 4.72. The van der Waals surface area contributed by atoms with Crippen LogP contribution in [0.4, 0.5) is 0 Å². The van der Waals surface area contributed by atoms with Gasteiger partial charge in [0.1, 0.15) is 0 Å². The molecule has 3 rings (SSSR count). The third-order valence-corrected chi connectivity index (χ3v) is 6.43. The highest BCUT2D eigenvalue weighted by Gasteiger charge is 2.38. The summed E-state index contributed by atoms with van der Waals surface area (Å²) in [6, 6.07) is 2.03. The Kier molecular flexibility index (Phi) is 5.80. The van der Waals surface area contributed by atoms with E-state index in [0.29, 0.717) is 18.0 Å². The predicted molar refractivity (Wildman–Crippen MR) is 92.0 cm³/mol. The third-order valence-electron chi connectivity index (χ3n) is 6.43. The van der Waals surface area contributed by atoms with Crippen LogP contribution >= 0.6 is 0 Å². The minimum Gasteiger partial charge on any atom is -0.393 e. The lowest BCUT2D eigenvalue weighted by atomic mass is 9.86. The second-order valence-electron chi connectivity index (χ2n) is 8.20. The number of hydrogen-bond donors (Lipinski definition) is 2. The quantitative estimate of drug-likeness (QED) is 0.791. The van der Waals surface area contributed by atoms with E-state index in [1.165, 1.54) is 57.9 Å². The minimum absolute atomic E-state index is 0.121. The molecular formula is C19H36N2O. The molecule has 0 amide bonds. The Balaban J connectivity index is 1.60. The molecule has 0 radical (unpaired) electrons. The maximum Gasteiger partial charge on any atom is 0.0578 e. The molecular weight excluding hydrogens is 272 g/mol. The van der Waals surface area contributed by atoms with E-state index in [9.17, 15) is 5.11 Å². The van der Waals surface area contributed by atoms with Crippen molar-refractivity contribution in [1.82, 2.24) is 10.2 Å². The SMILES string of the molecule is CCC(O)C1CC(NC2CCCCC2)CN(C(C)C2CC2)C1. The van der Waals surface area contributed by atoms with Gasteiger partial charge < -0.3 is 10.4 Å². The summed E-state index contributed by atoms with van der Waals surface area (Å²) in [6.45, 7) is 6.84. The molecule has 0 bridgehead atoms. The predicted octanol–water partition coefficient (Wildman–Crippen LogP) is 3.17. The summed E-state index contributed by atoms with van der Waals surface area (Å²) in [7, 11) is 0. The molecule has 1 heterocycles. The van der Waals surface area contributed by atoms with E-state index in [2.05, 4.69) is 24.1 Å². The van der Waals surface area contributed by atoms with Crippen LogP contribution in [0.3, 0.4) is 0 Å². The Bertz CT molecular complexity index is 336. The number of nitrogens with one attached hydrogen (secondary N) is 1. The first kappa shape index (κ1) is 16.7. The van der Waals surface area contributed by atoms with Crippen LogP contribution in [0.1, 0.15) is 71.6 Å². The van der Waals surface area contributed by atoms with Crippen molar-refractivity contribution in [3.05, 3.63) is 0 Å². The van der Waals surface area contributed by atoms with Gasteiger partial charge in [-0.3, -0.25) is 4.90 Å². The Morgan fingerprint density at radius 2 is 1.73 bits per heavy atom. The Morgan fingerprint density at radius 1 is 1.00 bits per heavy atom. The lowest BCUT2D eigenvalue weighted by Gasteiger charge is -2.44. The van der Waals surface area contributed by atoms with Crippen LogP contribution < -0.4 is 5.32 Å². The molecule has 1 saturated heterocycles. The molecule has 2 N–H and O–H groups in total. The zero-order chi connectivity index (χ0) is 15.5. The topological polar surface area (TPSA) is 35.5 Å². The summed E-state index contributed by atoms with van der Waals surface area (Å²) in [5.74, 6) is 1.38. The molecule has 3 heteroatoms. The zero-order valence-electron chi connectivity index (χ0n) is 14.6. The van der Waals surface area contributed by atoms with Crippen molar-refractivity contribution in [3.63, 3.8) is 0 Å². The van der Waals surface area contributed by atoms with Gasteiger partial charge in [-0.15, -0.1) is 0 Å². The summed E-state index contributed by atoms with van der Waals surface area (Å²) >= 11 is 0. The van der Waals surface area contributed by atoms with Crippen molar-refractivity contribution in [2.24, 2.45) is 11.8 Å². The van der Waals surface area contributed by atoms with Crippen LogP contribution in [0.2, 0.25) is 0 Å². The highest BCUT2D eigenvalue weighted by molar-refractivity contribution is 4.94. The van der Waals surface area contributed by atoms with E-state index >= 15 is 0 Å². The second-order valence-corrected chi connectivity index (χ2v) is 8.20. The fraction of sp³-hybridized carbons (Fsp3) is 1.00. The zero-order valence-corrected chi connectivity index (χ0v) is 14.6. The van der Waals surface area contributed by atoms with E-state index in [1.54, 1.807) is 0 Å². The first-order chi connectivity index (χ1) is 10.7. The average Bonchev–Trinajstić information content (AvgIpc) is 3.39. The highest BCUT2D eigenvalue weighted by Crippen LogP contribution is 2.37. The van der Waals surface area contributed by atoms with E-state index in [0.717, 1.165) is 24.9 Å². The van der Waals surface area contributed by atoms with Crippen LogP contribution in [0.15, 0.2) is 0 Å². The number of likely N-dealkylation sites (tertiary alicyclic amines) is 1. The molecule has 2 aliphatic carbocycles. The summed E-state index contributed by atoms with van der Waals surface area (Å²) < 4.78 is 0. The molecule has 4 atom stereocenters. The largest absolute Gasteiger partial charge is 0.393 e. The van der Waals surface area contributed by atoms with Gasteiger partial charge in [-0.2, -0.15) is 0 Å². The van der Waals surface area contributed by atoms with Gasteiger partial charge in [0.05, 0.1) is 6.10 Å². The number of aliphatic hydroxyl groups is 1. The standard InChI is InChI=1S/C19H36N2O/c1-3-19(22)16-11-18(20-17-7-5-4-6-8-17)13-21(12-16)14(2)15-9-10-15/h14-20,22H,3-13H2,1-2H3. The number of rotatable bonds is 6. The van der Waals surface area contributed by atoms with Crippen molar-refractivity contribution in [1.29, 1.82) is 0 Å². The summed E-state index contributed by atoms with van der Waals surface area (Å²) in [4.78, 5) is 2.69. The lowest BCUT2D eigenvalue weighted by molar-refractivity contribution is 0.0153. The van der Waals surface area contributed by atoms with Gasteiger partial charge in [-0.1, -0.05) is 26.2 Å². The van der Waals surface area contributed by atoms with Gasteiger partial charge in [0.25, 0.3) is 0 Å². The van der Waals surface area contributed by atoms with Crippen LogP contribution in [0, 0.1) is 11.8 Å².